The minimum Gasteiger partial charge on any atom is -0.394 e. The Balaban J connectivity index is 2.06. The zero-order valence-corrected chi connectivity index (χ0v) is 14.5. The molecule has 1 aliphatic heterocycles. The van der Waals surface area contributed by atoms with Gasteiger partial charge in [-0.1, -0.05) is 19.0 Å². The molecule has 2 aromatic heterocycles. The summed E-state index contributed by atoms with van der Waals surface area (Å²) in [6.45, 7) is 2.87. The number of H-pyrrole nitrogens is 1. The van der Waals surface area contributed by atoms with Gasteiger partial charge in [0.1, 0.15) is 18.4 Å². The number of fused-ring (bicyclic) bond motifs is 1. The smallest absolute Gasteiger partial charge is 0.280 e. The molecule has 4 atom stereocenters. The van der Waals surface area contributed by atoms with Crippen LogP contribution in [0.3, 0.4) is 0 Å². The molecule has 144 valence electrons. The number of carbonyl (C=O) groups excluding carboxylic acids is 1. The predicted molar refractivity (Wildman–Crippen MR) is 91.6 cm³/mol. The molecule has 0 radical (unpaired) electrons. The van der Waals surface area contributed by atoms with E-state index in [0.29, 0.717) is 0 Å². The summed E-state index contributed by atoms with van der Waals surface area (Å²) in [6, 6.07) is -1.07. The molecule has 0 unspecified atom stereocenters. The lowest BCUT2D eigenvalue weighted by Gasteiger charge is -2.17. The minimum absolute atomic E-state index is 0.0252. The molecule has 0 bridgehead atoms. The van der Waals surface area contributed by atoms with Crippen LogP contribution in [0.1, 0.15) is 20.1 Å². The second kappa shape index (κ2) is 7.32. The topological polar surface area (TPSA) is 191 Å². The molecule has 3 heterocycles. The van der Waals surface area contributed by atoms with Gasteiger partial charge in [-0.25, -0.2) is 4.98 Å². The highest BCUT2D eigenvalue weighted by molar-refractivity contribution is 5.91. The van der Waals surface area contributed by atoms with Crippen molar-refractivity contribution in [2.24, 2.45) is 11.0 Å². The molecule has 1 fully saturated rings. The van der Waals surface area contributed by atoms with Gasteiger partial charge < -0.3 is 14.9 Å². The lowest BCUT2D eigenvalue weighted by molar-refractivity contribution is -0.118. The number of hydrogen-bond acceptors (Lipinski definition) is 8. The fourth-order valence-corrected chi connectivity index (χ4v) is 2.73. The largest absolute Gasteiger partial charge is 0.394 e. The third-order valence-corrected chi connectivity index (χ3v) is 4.17. The first-order valence-electron chi connectivity index (χ1n) is 8.13. The van der Waals surface area contributed by atoms with Crippen molar-refractivity contribution in [3.8, 4) is 0 Å². The number of nitrogens with one attached hydrogen (secondary N) is 2. The molecule has 13 heteroatoms. The summed E-state index contributed by atoms with van der Waals surface area (Å²) in [6.07, 6.45) is -2.03. The van der Waals surface area contributed by atoms with Gasteiger partial charge in [-0.15, -0.1) is 0 Å². The van der Waals surface area contributed by atoms with Crippen molar-refractivity contribution in [2.75, 3.05) is 11.9 Å². The van der Waals surface area contributed by atoms with Gasteiger partial charge in [0.15, 0.2) is 11.2 Å². The van der Waals surface area contributed by atoms with Gasteiger partial charge in [0.05, 0.1) is 19.0 Å². The van der Waals surface area contributed by atoms with Crippen molar-refractivity contribution in [3.63, 3.8) is 0 Å². The molecule has 0 saturated carbocycles. The van der Waals surface area contributed by atoms with E-state index in [1.54, 1.807) is 13.8 Å². The monoisotopic (exact) mass is 378 g/mol. The maximum absolute atomic E-state index is 12.2. The molecule has 0 aliphatic carbocycles. The van der Waals surface area contributed by atoms with E-state index < -0.39 is 36.6 Å². The van der Waals surface area contributed by atoms with E-state index in [2.05, 4.69) is 30.3 Å². The van der Waals surface area contributed by atoms with Crippen LogP contribution in [0.5, 0.6) is 0 Å². The SMILES string of the molecule is CC(C)C(=O)Nc1nc2c(ncn2[C@@H]2O[C@H](CO)[C@@H](O)[C@@H]2N=[N+]=[N-])c(=O)[nH]1. The number of aliphatic hydroxyl groups is 2. The molecule has 1 amide bonds. The Hall–Kier alpha value is -2.99. The van der Waals surface area contributed by atoms with Crippen LogP contribution in [0.2, 0.25) is 0 Å². The van der Waals surface area contributed by atoms with Gasteiger partial charge in [0.25, 0.3) is 5.56 Å². The first-order valence-corrected chi connectivity index (χ1v) is 8.13. The summed E-state index contributed by atoms with van der Waals surface area (Å²) in [7, 11) is 0. The third kappa shape index (κ3) is 3.36. The Morgan fingerprint density at radius 2 is 2.33 bits per heavy atom. The van der Waals surface area contributed by atoms with E-state index in [9.17, 15) is 19.8 Å². The summed E-state index contributed by atoms with van der Waals surface area (Å²) in [5.74, 6) is -0.752. The van der Waals surface area contributed by atoms with Gasteiger partial charge in [0.2, 0.25) is 11.9 Å². The number of anilines is 1. The van der Waals surface area contributed by atoms with Crippen molar-refractivity contribution >= 4 is 23.0 Å². The number of hydrogen-bond donors (Lipinski definition) is 4. The molecule has 27 heavy (non-hydrogen) atoms. The van der Waals surface area contributed by atoms with E-state index in [1.807, 2.05) is 0 Å². The Labute approximate surface area is 151 Å². The lowest BCUT2D eigenvalue weighted by Crippen LogP contribution is -2.31. The molecule has 1 aliphatic rings. The number of azide groups is 1. The highest BCUT2D eigenvalue weighted by Gasteiger charge is 2.44. The van der Waals surface area contributed by atoms with Gasteiger partial charge >= 0.3 is 0 Å². The first kappa shape index (κ1) is 18.8. The highest BCUT2D eigenvalue weighted by atomic mass is 16.5. The predicted octanol–water partition coefficient (Wildman–Crippen LogP) is -0.356. The maximum Gasteiger partial charge on any atom is 0.280 e. The van der Waals surface area contributed by atoms with Crippen LogP contribution in [-0.2, 0) is 9.53 Å². The second-order valence-electron chi connectivity index (χ2n) is 6.32. The summed E-state index contributed by atoms with van der Waals surface area (Å²) in [4.78, 5) is 37.4. The molecule has 0 aromatic carbocycles. The summed E-state index contributed by atoms with van der Waals surface area (Å²) in [5, 5.41) is 25.5. The molecule has 4 N–H and O–H groups in total. The number of ether oxygens (including phenoxy) is 1. The van der Waals surface area contributed by atoms with Crippen molar-refractivity contribution < 1.29 is 19.7 Å². The van der Waals surface area contributed by atoms with E-state index in [0.717, 1.165) is 0 Å². The molecular weight excluding hydrogens is 360 g/mol. The average molecular weight is 378 g/mol. The number of nitrogens with zero attached hydrogens (tertiary/aromatic N) is 6. The van der Waals surface area contributed by atoms with Crippen molar-refractivity contribution in [1.82, 2.24) is 19.5 Å². The van der Waals surface area contributed by atoms with E-state index in [4.69, 9.17) is 10.3 Å². The fraction of sp³-hybridized carbons (Fsp3) is 0.571. The van der Waals surface area contributed by atoms with Crippen molar-refractivity contribution in [2.45, 2.75) is 38.3 Å². The standard InChI is InChI=1S/C14H18N8O5/c1-5(2)11(25)18-14-17-10-8(12(26)19-14)16-4-22(10)13-7(20-21-15)9(24)6(3-23)27-13/h4-7,9,13,23-24H,3H2,1-2H3,(H2,17,18,19,25,26)/t6-,7+,9-,13-/m1/s1. The van der Waals surface area contributed by atoms with Gasteiger partial charge in [-0.2, -0.15) is 4.98 Å². The van der Waals surface area contributed by atoms with Crippen LogP contribution >= 0.6 is 0 Å². The molecule has 13 nitrogen and oxygen atoms in total. The molecular formula is C14H18N8O5. The van der Waals surface area contributed by atoms with Gasteiger partial charge in [0, 0.05) is 10.8 Å². The molecule has 3 rings (SSSR count). The second-order valence-corrected chi connectivity index (χ2v) is 6.32. The molecule has 1 saturated heterocycles. The zero-order chi connectivity index (χ0) is 19.7. The number of imidazole rings is 1. The maximum atomic E-state index is 12.2. The van der Waals surface area contributed by atoms with Crippen LogP contribution in [0.25, 0.3) is 21.6 Å². The van der Waals surface area contributed by atoms with Crippen LogP contribution in [0.15, 0.2) is 16.2 Å². The van der Waals surface area contributed by atoms with Crippen molar-refractivity contribution in [1.29, 1.82) is 0 Å². The Morgan fingerprint density at radius 3 is 2.96 bits per heavy atom. The van der Waals surface area contributed by atoms with E-state index in [1.165, 1.54) is 10.9 Å². The van der Waals surface area contributed by atoms with Crippen LogP contribution in [0, 0.1) is 5.92 Å². The zero-order valence-electron chi connectivity index (χ0n) is 14.5. The fourth-order valence-electron chi connectivity index (χ4n) is 2.73. The van der Waals surface area contributed by atoms with Crippen molar-refractivity contribution in [3.05, 3.63) is 27.1 Å². The quantitative estimate of drug-likeness (QED) is 0.310. The molecule has 0 spiro atoms. The Morgan fingerprint density at radius 1 is 1.59 bits per heavy atom. The minimum atomic E-state index is -1.25. The van der Waals surface area contributed by atoms with Gasteiger partial charge in [-0.3, -0.25) is 24.5 Å². The third-order valence-electron chi connectivity index (χ3n) is 4.17. The number of aromatic amines is 1. The number of aromatic nitrogens is 4. The summed E-state index contributed by atoms with van der Waals surface area (Å²) in [5.41, 5.74) is 8.21. The average Bonchev–Trinajstić information content (AvgIpc) is 3.17. The Bertz CT molecular complexity index is 962. The summed E-state index contributed by atoms with van der Waals surface area (Å²) < 4.78 is 6.87. The number of amides is 1. The normalized spacial score (nSPS) is 24.9. The van der Waals surface area contributed by atoms with Gasteiger partial charge in [-0.05, 0) is 5.53 Å². The lowest BCUT2D eigenvalue weighted by atomic mass is 10.1. The van der Waals surface area contributed by atoms with Crippen LogP contribution in [-0.4, -0.2) is 60.5 Å². The number of carbonyl (C=O) groups is 1. The highest BCUT2D eigenvalue weighted by Crippen LogP contribution is 2.33. The summed E-state index contributed by atoms with van der Waals surface area (Å²) >= 11 is 0. The number of rotatable bonds is 5. The number of aliphatic hydroxyl groups excluding tert-OH is 2. The Kier molecular flexibility index (Phi) is 5.10. The van der Waals surface area contributed by atoms with Crippen LogP contribution in [0.4, 0.5) is 5.95 Å². The van der Waals surface area contributed by atoms with Crippen LogP contribution < -0.4 is 10.9 Å². The first-order chi connectivity index (χ1) is 12.9. The van der Waals surface area contributed by atoms with E-state index in [-0.39, 0.29) is 28.9 Å². The molecule has 2 aromatic rings. The van der Waals surface area contributed by atoms with E-state index >= 15 is 0 Å².